The predicted molar refractivity (Wildman–Crippen MR) is 84.7 cm³/mol. The highest BCUT2D eigenvalue weighted by Gasteiger charge is 2.04. The van der Waals surface area contributed by atoms with Gasteiger partial charge in [0.2, 0.25) is 5.91 Å². The minimum absolute atomic E-state index is 0.0476. The van der Waals surface area contributed by atoms with Gasteiger partial charge in [0.1, 0.15) is 0 Å². The molecule has 0 unspecified atom stereocenters. The van der Waals surface area contributed by atoms with Gasteiger partial charge in [-0.2, -0.15) is 0 Å². The summed E-state index contributed by atoms with van der Waals surface area (Å²) in [6.45, 7) is 0.289. The van der Waals surface area contributed by atoms with Crippen LogP contribution in [0.25, 0.3) is 6.08 Å². The van der Waals surface area contributed by atoms with Gasteiger partial charge in [-0.05, 0) is 16.7 Å². The van der Waals surface area contributed by atoms with Crippen LogP contribution in [0.15, 0.2) is 66.2 Å². The fraction of sp³-hybridized carbons (Fsp3) is 0.167. The Kier molecular flexibility index (Phi) is 5.73. The van der Waals surface area contributed by atoms with Crippen LogP contribution in [0.5, 0.6) is 0 Å². The lowest BCUT2D eigenvalue weighted by atomic mass is 10.1. The lowest BCUT2D eigenvalue weighted by Gasteiger charge is -2.07. The summed E-state index contributed by atoms with van der Waals surface area (Å²) in [5.41, 5.74) is 2.77. The molecule has 3 nitrogen and oxygen atoms in total. The van der Waals surface area contributed by atoms with Crippen LogP contribution in [0, 0.1) is 0 Å². The summed E-state index contributed by atoms with van der Waals surface area (Å²) in [7, 11) is 0. The molecule has 3 heteroatoms. The van der Waals surface area contributed by atoms with E-state index in [2.05, 4.69) is 5.32 Å². The Morgan fingerprint density at radius 2 is 1.62 bits per heavy atom. The molecule has 0 bridgehead atoms. The SMILES string of the molecule is O=C(Cc1ccccc1)NCC(=Cc1ccccc1)CO. The summed E-state index contributed by atoms with van der Waals surface area (Å²) in [5, 5.41) is 12.2. The summed E-state index contributed by atoms with van der Waals surface area (Å²) < 4.78 is 0. The molecule has 0 atom stereocenters. The molecule has 0 saturated carbocycles. The van der Waals surface area contributed by atoms with Crippen molar-refractivity contribution in [2.45, 2.75) is 6.42 Å². The first-order valence-electron chi connectivity index (χ1n) is 6.94. The minimum atomic E-state index is -0.0689. The monoisotopic (exact) mass is 281 g/mol. The van der Waals surface area contributed by atoms with Crippen molar-refractivity contribution in [3.63, 3.8) is 0 Å². The van der Waals surface area contributed by atoms with Gasteiger partial charge in [0.05, 0.1) is 13.0 Å². The Balaban J connectivity index is 1.88. The number of benzene rings is 2. The Morgan fingerprint density at radius 3 is 2.24 bits per heavy atom. The van der Waals surface area contributed by atoms with Crippen molar-refractivity contribution in [1.29, 1.82) is 0 Å². The predicted octanol–water partition coefficient (Wildman–Crippen LogP) is 2.42. The highest BCUT2D eigenvalue weighted by molar-refractivity contribution is 5.79. The zero-order valence-electron chi connectivity index (χ0n) is 11.8. The molecule has 0 aromatic heterocycles. The smallest absolute Gasteiger partial charge is 0.224 e. The first-order chi connectivity index (χ1) is 10.3. The quantitative estimate of drug-likeness (QED) is 0.854. The fourth-order valence-electron chi connectivity index (χ4n) is 1.99. The number of aliphatic hydroxyl groups excluding tert-OH is 1. The maximum absolute atomic E-state index is 11.9. The van der Waals surface area contributed by atoms with E-state index in [9.17, 15) is 9.90 Å². The summed E-state index contributed by atoms with van der Waals surface area (Å²) in [5.74, 6) is -0.0476. The molecular weight excluding hydrogens is 262 g/mol. The third-order valence-electron chi connectivity index (χ3n) is 3.09. The molecular formula is C18H19NO2. The molecule has 0 radical (unpaired) electrons. The number of carbonyl (C=O) groups excluding carboxylic acids is 1. The van der Waals surface area contributed by atoms with Crippen molar-refractivity contribution in [2.75, 3.05) is 13.2 Å². The first-order valence-corrected chi connectivity index (χ1v) is 6.94. The number of rotatable bonds is 6. The molecule has 2 N–H and O–H groups in total. The number of carbonyl (C=O) groups is 1. The molecule has 0 saturated heterocycles. The van der Waals surface area contributed by atoms with Gasteiger partial charge in [-0.3, -0.25) is 4.79 Å². The van der Waals surface area contributed by atoms with Crippen LogP contribution in [0.2, 0.25) is 0 Å². The number of hydrogen-bond acceptors (Lipinski definition) is 2. The Hall–Kier alpha value is -2.39. The van der Waals surface area contributed by atoms with E-state index < -0.39 is 0 Å². The van der Waals surface area contributed by atoms with Crippen molar-refractivity contribution < 1.29 is 9.90 Å². The van der Waals surface area contributed by atoms with E-state index in [0.717, 1.165) is 16.7 Å². The lowest BCUT2D eigenvalue weighted by Crippen LogP contribution is -2.27. The topological polar surface area (TPSA) is 49.3 Å². The van der Waals surface area contributed by atoms with Crippen LogP contribution < -0.4 is 5.32 Å². The number of aliphatic hydroxyl groups is 1. The molecule has 0 aliphatic carbocycles. The third kappa shape index (κ3) is 5.24. The van der Waals surface area contributed by atoms with Crippen molar-refractivity contribution in [1.82, 2.24) is 5.32 Å². The second kappa shape index (κ2) is 8.02. The highest BCUT2D eigenvalue weighted by atomic mass is 16.3. The number of amides is 1. The average molecular weight is 281 g/mol. The molecule has 0 heterocycles. The fourth-order valence-corrected chi connectivity index (χ4v) is 1.99. The Bertz CT molecular complexity index is 591. The van der Waals surface area contributed by atoms with E-state index in [1.165, 1.54) is 0 Å². The third-order valence-corrected chi connectivity index (χ3v) is 3.09. The van der Waals surface area contributed by atoms with E-state index in [1.807, 2.05) is 66.7 Å². The Labute approximate surface area is 124 Å². The van der Waals surface area contributed by atoms with Crippen LogP contribution in [0.4, 0.5) is 0 Å². The molecule has 108 valence electrons. The van der Waals surface area contributed by atoms with Gasteiger partial charge in [-0.15, -0.1) is 0 Å². The second-order valence-corrected chi connectivity index (χ2v) is 4.81. The summed E-state index contributed by atoms with van der Waals surface area (Å²) in [4.78, 5) is 11.9. The first kappa shape index (κ1) is 15.0. The number of hydrogen-bond donors (Lipinski definition) is 2. The standard InChI is InChI=1S/C18H19NO2/c20-14-17(11-15-7-3-1-4-8-15)13-19-18(21)12-16-9-5-2-6-10-16/h1-11,20H,12-14H2,(H,19,21). The van der Waals surface area contributed by atoms with E-state index in [-0.39, 0.29) is 12.5 Å². The van der Waals surface area contributed by atoms with Gasteiger partial charge in [-0.1, -0.05) is 66.7 Å². The van der Waals surface area contributed by atoms with Gasteiger partial charge in [0.15, 0.2) is 0 Å². The van der Waals surface area contributed by atoms with Gasteiger partial charge in [0, 0.05) is 6.54 Å². The molecule has 0 spiro atoms. The molecule has 0 fully saturated rings. The van der Waals surface area contributed by atoms with Gasteiger partial charge >= 0.3 is 0 Å². The largest absolute Gasteiger partial charge is 0.392 e. The van der Waals surface area contributed by atoms with Crippen molar-refractivity contribution in [3.05, 3.63) is 77.4 Å². The van der Waals surface area contributed by atoms with Crippen LogP contribution in [-0.4, -0.2) is 24.2 Å². The van der Waals surface area contributed by atoms with Crippen LogP contribution in [0.1, 0.15) is 11.1 Å². The summed E-state index contributed by atoms with van der Waals surface area (Å²) in [6.07, 6.45) is 2.24. The van der Waals surface area contributed by atoms with E-state index >= 15 is 0 Å². The maximum Gasteiger partial charge on any atom is 0.224 e. The van der Waals surface area contributed by atoms with Crippen molar-refractivity contribution in [2.24, 2.45) is 0 Å². The zero-order valence-corrected chi connectivity index (χ0v) is 11.8. The second-order valence-electron chi connectivity index (χ2n) is 4.81. The van der Waals surface area contributed by atoms with Gasteiger partial charge in [-0.25, -0.2) is 0 Å². The van der Waals surface area contributed by atoms with Crippen LogP contribution in [0.3, 0.4) is 0 Å². The molecule has 0 aliphatic rings. The van der Waals surface area contributed by atoms with E-state index in [0.29, 0.717) is 13.0 Å². The van der Waals surface area contributed by atoms with E-state index in [1.54, 1.807) is 0 Å². The summed E-state index contributed by atoms with van der Waals surface area (Å²) in [6, 6.07) is 19.3. The molecule has 1 amide bonds. The maximum atomic E-state index is 11.9. The molecule has 2 aromatic rings. The van der Waals surface area contributed by atoms with Crippen LogP contribution >= 0.6 is 0 Å². The Morgan fingerprint density at radius 1 is 1.00 bits per heavy atom. The minimum Gasteiger partial charge on any atom is -0.392 e. The molecule has 21 heavy (non-hydrogen) atoms. The van der Waals surface area contributed by atoms with Crippen molar-refractivity contribution >= 4 is 12.0 Å². The molecule has 0 aliphatic heterocycles. The molecule has 2 aromatic carbocycles. The van der Waals surface area contributed by atoms with E-state index in [4.69, 9.17) is 0 Å². The average Bonchev–Trinajstić information content (AvgIpc) is 2.53. The van der Waals surface area contributed by atoms with Gasteiger partial charge < -0.3 is 10.4 Å². The lowest BCUT2D eigenvalue weighted by molar-refractivity contribution is -0.120. The highest BCUT2D eigenvalue weighted by Crippen LogP contribution is 2.06. The molecule has 2 rings (SSSR count). The normalized spacial score (nSPS) is 11.2. The zero-order chi connectivity index (χ0) is 14.9. The summed E-state index contributed by atoms with van der Waals surface area (Å²) >= 11 is 0. The van der Waals surface area contributed by atoms with Crippen molar-refractivity contribution in [3.8, 4) is 0 Å². The van der Waals surface area contributed by atoms with Gasteiger partial charge in [0.25, 0.3) is 0 Å². The number of nitrogens with one attached hydrogen (secondary N) is 1. The van der Waals surface area contributed by atoms with Crippen LogP contribution in [-0.2, 0) is 11.2 Å².